The smallest absolute Gasteiger partial charge is 0.306 e. The maximum absolute atomic E-state index is 12.6. The van der Waals surface area contributed by atoms with Crippen molar-refractivity contribution in [3.63, 3.8) is 0 Å². The minimum atomic E-state index is -0.755. The minimum Gasteiger partial charge on any atom is -0.462 e. The Morgan fingerprint density at radius 2 is 0.587 bits per heavy atom. The van der Waals surface area contributed by atoms with Gasteiger partial charge in [-0.15, -0.1) is 0 Å². The van der Waals surface area contributed by atoms with Crippen LogP contribution < -0.4 is 0 Å². The van der Waals surface area contributed by atoms with E-state index >= 15 is 0 Å². The summed E-state index contributed by atoms with van der Waals surface area (Å²) >= 11 is 0. The van der Waals surface area contributed by atoms with Crippen molar-refractivity contribution in [1.29, 1.82) is 0 Å². The van der Waals surface area contributed by atoms with Crippen LogP contribution in [0.15, 0.2) is 0 Å². The summed E-state index contributed by atoms with van der Waals surface area (Å²) < 4.78 is 16.6. The van der Waals surface area contributed by atoms with Crippen molar-refractivity contribution in [2.75, 3.05) is 13.2 Å². The van der Waals surface area contributed by atoms with E-state index in [0.29, 0.717) is 19.3 Å². The van der Waals surface area contributed by atoms with Crippen LogP contribution in [0, 0.1) is 0 Å². The van der Waals surface area contributed by atoms with Crippen LogP contribution in [0.1, 0.15) is 220 Å². The number of esters is 3. The molecule has 6 heteroatoms. The van der Waals surface area contributed by atoms with E-state index in [4.69, 9.17) is 14.2 Å². The van der Waals surface area contributed by atoms with Crippen molar-refractivity contribution in [3.05, 3.63) is 0 Å². The Morgan fingerprint density at radius 3 is 0.870 bits per heavy atom. The van der Waals surface area contributed by atoms with Crippen molar-refractivity contribution in [3.8, 4) is 0 Å². The number of ether oxygens (including phenoxy) is 3. The Morgan fingerprint density at radius 1 is 0.348 bits per heavy atom. The molecule has 0 aliphatic rings. The van der Waals surface area contributed by atoms with Crippen LogP contribution in [-0.2, 0) is 28.6 Å². The molecule has 0 saturated carbocycles. The monoisotopic (exact) mass is 653 g/mol. The number of carbonyl (C=O) groups excluding carboxylic acids is 3. The summed E-state index contributed by atoms with van der Waals surface area (Å²) in [6.07, 6.45) is 33.8. The number of hydrogen-bond donors (Lipinski definition) is 0. The first-order valence-corrected chi connectivity index (χ1v) is 20.0. The molecule has 0 heterocycles. The number of unbranched alkanes of at least 4 members (excludes halogenated alkanes) is 25. The van der Waals surface area contributed by atoms with Crippen LogP contribution >= 0.6 is 0 Å². The van der Waals surface area contributed by atoms with E-state index in [9.17, 15) is 14.4 Å². The standard InChI is InChI=1S/C40H76O6/c1-4-7-10-13-16-18-19-20-22-25-28-31-34-40(43)46-37(35-44-38(41)32-29-26-23-15-12-9-6-3)36-45-39(42)33-30-27-24-21-17-14-11-8-5-2/h37H,4-36H2,1-3H3/t37-/m0/s1. The van der Waals surface area contributed by atoms with Crippen LogP contribution in [0.4, 0.5) is 0 Å². The summed E-state index contributed by atoms with van der Waals surface area (Å²) in [5, 5.41) is 0. The van der Waals surface area contributed by atoms with Gasteiger partial charge in [0.15, 0.2) is 6.10 Å². The second-order valence-electron chi connectivity index (χ2n) is 13.6. The molecule has 0 unspecified atom stereocenters. The molecule has 0 fully saturated rings. The average molecular weight is 653 g/mol. The van der Waals surface area contributed by atoms with Crippen LogP contribution in [0.3, 0.4) is 0 Å². The first kappa shape index (κ1) is 44.4. The van der Waals surface area contributed by atoms with Gasteiger partial charge in [-0.1, -0.05) is 181 Å². The van der Waals surface area contributed by atoms with Crippen LogP contribution in [0.25, 0.3) is 0 Å². The topological polar surface area (TPSA) is 78.9 Å². The van der Waals surface area contributed by atoms with Crippen LogP contribution in [0.2, 0.25) is 0 Å². The fourth-order valence-electron chi connectivity index (χ4n) is 5.79. The molecular formula is C40H76O6. The van der Waals surface area contributed by atoms with E-state index < -0.39 is 6.10 Å². The summed E-state index contributed by atoms with van der Waals surface area (Å²) in [6.45, 7) is 6.57. The number of rotatable bonds is 36. The van der Waals surface area contributed by atoms with Gasteiger partial charge in [0.2, 0.25) is 0 Å². The molecule has 0 bridgehead atoms. The van der Waals surface area contributed by atoms with Crippen molar-refractivity contribution in [2.24, 2.45) is 0 Å². The van der Waals surface area contributed by atoms with Gasteiger partial charge in [-0.3, -0.25) is 14.4 Å². The van der Waals surface area contributed by atoms with Gasteiger partial charge < -0.3 is 14.2 Å². The molecule has 0 aliphatic heterocycles. The highest BCUT2D eigenvalue weighted by atomic mass is 16.6. The van der Waals surface area contributed by atoms with Gasteiger partial charge in [-0.2, -0.15) is 0 Å². The third kappa shape index (κ3) is 33.8. The molecule has 1 atom stereocenters. The SMILES string of the molecule is CCCCCCCCCCCCCCC(=O)O[C@@H](COC(=O)CCCCCCCCC)COC(=O)CCCCCCCCCCC. The van der Waals surface area contributed by atoms with Crippen LogP contribution in [0.5, 0.6) is 0 Å². The molecule has 0 radical (unpaired) electrons. The van der Waals surface area contributed by atoms with Gasteiger partial charge >= 0.3 is 17.9 Å². The predicted molar refractivity (Wildman–Crippen MR) is 192 cm³/mol. The number of hydrogen-bond acceptors (Lipinski definition) is 6. The maximum atomic E-state index is 12.6. The average Bonchev–Trinajstić information content (AvgIpc) is 3.05. The number of carbonyl (C=O) groups is 3. The Labute approximate surface area is 285 Å². The lowest BCUT2D eigenvalue weighted by Gasteiger charge is -2.18. The summed E-state index contributed by atoms with van der Waals surface area (Å²) in [7, 11) is 0. The van der Waals surface area contributed by atoms with E-state index in [1.165, 1.54) is 122 Å². The van der Waals surface area contributed by atoms with Crippen molar-refractivity contribution < 1.29 is 28.6 Å². The fourth-order valence-corrected chi connectivity index (χ4v) is 5.79. The van der Waals surface area contributed by atoms with Crippen molar-refractivity contribution in [1.82, 2.24) is 0 Å². The molecule has 272 valence electrons. The quantitative estimate of drug-likeness (QED) is 0.0381. The van der Waals surface area contributed by atoms with Crippen molar-refractivity contribution in [2.45, 2.75) is 226 Å². The minimum absolute atomic E-state index is 0.0643. The summed E-state index contributed by atoms with van der Waals surface area (Å²) in [6, 6.07) is 0. The maximum Gasteiger partial charge on any atom is 0.306 e. The molecule has 0 aromatic heterocycles. The highest BCUT2D eigenvalue weighted by Gasteiger charge is 2.19. The molecule has 0 amide bonds. The van der Waals surface area contributed by atoms with Gasteiger partial charge in [0.05, 0.1) is 0 Å². The van der Waals surface area contributed by atoms with Gasteiger partial charge in [0, 0.05) is 19.3 Å². The zero-order valence-electron chi connectivity index (χ0n) is 30.9. The Balaban J connectivity index is 4.31. The Bertz CT molecular complexity index is 679. The van der Waals surface area contributed by atoms with E-state index in [1.54, 1.807) is 0 Å². The largest absolute Gasteiger partial charge is 0.462 e. The highest BCUT2D eigenvalue weighted by molar-refractivity contribution is 5.71. The molecule has 6 nitrogen and oxygen atoms in total. The first-order chi connectivity index (χ1) is 22.5. The molecule has 0 aliphatic carbocycles. The Kier molecular flexibility index (Phi) is 35.0. The van der Waals surface area contributed by atoms with E-state index in [-0.39, 0.29) is 31.1 Å². The first-order valence-electron chi connectivity index (χ1n) is 20.0. The second kappa shape index (κ2) is 36.2. The zero-order valence-corrected chi connectivity index (χ0v) is 30.9. The molecule has 46 heavy (non-hydrogen) atoms. The van der Waals surface area contributed by atoms with Gasteiger partial charge in [-0.25, -0.2) is 0 Å². The van der Waals surface area contributed by atoms with Gasteiger partial charge in [0.1, 0.15) is 13.2 Å². The predicted octanol–water partition coefficient (Wildman–Crippen LogP) is 12.1. The van der Waals surface area contributed by atoms with E-state index in [1.807, 2.05) is 0 Å². The third-order valence-electron chi connectivity index (χ3n) is 8.86. The van der Waals surface area contributed by atoms with Gasteiger partial charge in [0.25, 0.3) is 0 Å². The fraction of sp³-hybridized carbons (Fsp3) is 0.925. The second-order valence-corrected chi connectivity index (χ2v) is 13.6. The summed E-state index contributed by atoms with van der Waals surface area (Å²) in [5.74, 6) is -0.869. The third-order valence-corrected chi connectivity index (χ3v) is 8.86. The molecule has 0 aromatic carbocycles. The lowest BCUT2D eigenvalue weighted by atomic mass is 10.0. The summed E-state index contributed by atoms with van der Waals surface area (Å²) in [4.78, 5) is 37.3. The van der Waals surface area contributed by atoms with E-state index in [0.717, 1.165) is 57.8 Å². The normalized spacial score (nSPS) is 11.8. The zero-order chi connectivity index (χ0) is 33.8. The molecule has 0 saturated heterocycles. The molecule has 0 rings (SSSR count). The lowest BCUT2D eigenvalue weighted by molar-refractivity contribution is -0.167. The molecule has 0 spiro atoms. The lowest BCUT2D eigenvalue weighted by Crippen LogP contribution is -2.30. The summed E-state index contributed by atoms with van der Waals surface area (Å²) in [5.41, 5.74) is 0. The molecule has 0 aromatic rings. The van der Waals surface area contributed by atoms with Crippen LogP contribution in [-0.4, -0.2) is 37.2 Å². The molecule has 0 N–H and O–H groups in total. The highest BCUT2D eigenvalue weighted by Crippen LogP contribution is 2.14. The molecular weight excluding hydrogens is 576 g/mol. The Hall–Kier alpha value is -1.59. The van der Waals surface area contributed by atoms with E-state index in [2.05, 4.69) is 20.8 Å². The van der Waals surface area contributed by atoms with Gasteiger partial charge in [-0.05, 0) is 19.3 Å². The van der Waals surface area contributed by atoms with Crippen molar-refractivity contribution >= 4 is 17.9 Å².